The zero-order valence-corrected chi connectivity index (χ0v) is 12.9. The Morgan fingerprint density at radius 3 is 2.22 bits per heavy atom. The van der Waals surface area contributed by atoms with Gasteiger partial charge in [-0.15, -0.1) is 0 Å². The summed E-state index contributed by atoms with van der Waals surface area (Å²) in [6, 6.07) is 3.18. The molecule has 3 rings (SSSR count). The van der Waals surface area contributed by atoms with Crippen molar-refractivity contribution in [2.24, 2.45) is 5.41 Å². The first-order chi connectivity index (χ1) is 11.0. The molecule has 124 valence electrons. The lowest BCUT2D eigenvalue weighted by atomic mass is 10.0. The van der Waals surface area contributed by atoms with Crippen LogP contribution in [0.4, 0.5) is 14.5 Å². The number of benzene rings is 1. The molecular formula is C17H20F2N2O2. The third-order valence-corrected chi connectivity index (χ3v) is 4.66. The zero-order valence-electron chi connectivity index (χ0n) is 12.9. The number of anilines is 1. The van der Waals surface area contributed by atoms with E-state index in [4.69, 9.17) is 0 Å². The quantitative estimate of drug-likeness (QED) is 0.870. The molecule has 6 heteroatoms. The Morgan fingerprint density at radius 2 is 1.65 bits per heavy atom. The molecular weight excluding hydrogens is 302 g/mol. The minimum atomic E-state index is -1.02. The van der Waals surface area contributed by atoms with Crippen LogP contribution in [0.1, 0.15) is 38.5 Å². The molecule has 23 heavy (non-hydrogen) atoms. The number of hydrogen-bond donors (Lipinski definition) is 1. The summed E-state index contributed by atoms with van der Waals surface area (Å²) in [5, 5.41) is 2.56. The fourth-order valence-corrected chi connectivity index (χ4v) is 3.06. The van der Waals surface area contributed by atoms with E-state index in [2.05, 4.69) is 5.32 Å². The van der Waals surface area contributed by atoms with Gasteiger partial charge in [0.25, 0.3) is 0 Å². The Balaban J connectivity index is 1.70. The standard InChI is InChI=1S/C17H20F2N2O2/c18-13-6-5-12(11-14(13)19)20-15(22)17(7-8-17)16(23)21-9-3-1-2-4-10-21/h5-6,11H,1-4,7-10H2,(H,20,22). The average molecular weight is 322 g/mol. The molecule has 2 fully saturated rings. The van der Waals surface area contributed by atoms with Crippen molar-refractivity contribution < 1.29 is 18.4 Å². The number of carbonyl (C=O) groups is 2. The van der Waals surface area contributed by atoms with Gasteiger partial charge in [-0.1, -0.05) is 12.8 Å². The first-order valence-corrected chi connectivity index (χ1v) is 8.09. The van der Waals surface area contributed by atoms with Crippen molar-refractivity contribution in [2.75, 3.05) is 18.4 Å². The van der Waals surface area contributed by atoms with Crippen LogP contribution in [0.2, 0.25) is 0 Å². The number of hydrogen-bond acceptors (Lipinski definition) is 2. The van der Waals surface area contributed by atoms with Gasteiger partial charge in [-0.25, -0.2) is 8.78 Å². The highest BCUT2D eigenvalue weighted by atomic mass is 19.2. The van der Waals surface area contributed by atoms with Crippen molar-refractivity contribution in [2.45, 2.75) is 38.5 Å². The molecule has 1 aromatic rings. The van der Waals surface area contributed by atoms with Crippen LogP contribution in [0.15, 0.2) is 18.2 Å². The third-order valence-electron chi connectivity index (χ3n) is 4.66. The van der Waals surface area contributed by atoms with E-state index >= 15 is 0 Å². The molecule has 0 atom stereocenters. The molecule has 1 aromatic carbocycles. The molecule has 0 unspecified atom stereocenters. The fraction of sp³-hybridized carbons (Fsp3) is 0.529. The summed E-state index contributed by atoms with van der Waals surface area (Å²) in [7, 11) is 0. The summed E-state index contributed by atoms with van der Waals surface area (Å²) >= 11 is 0. The average Bonchev–Trinajstić information content (AvgIpc) is 3.34. The van der Waals surface area contributed by atoms with Crippen molar-refractivity contribution in [3.8, 4) is 0 Å². The molecule has 1 saturated carbocycles. The van der Waals surface area contributed by atoms with E-state index in [1.165, 1.54) is 6.07 Å². The lowest BCUT2D eigenvalue weighted by Crippen LogP contribution is -2.43. The first-order valence-electron chi connectivity index (χ1n) is 8.09. The lowest BCUT2D eigenvalue weighted by molar-refractivity contribution is -0.142. The Hall–Kier alpha value is -1.98. The predicted molar refractivity (Wildman–Crippen MR) is 81.7 cm³/mol. The van der Waals surface area contributed by atoms with Crippen LogP contribution in [0.3, 0.4) is 0 Å². The molecule has 0 spiro atoms. The molecule has 1 aliphatic heterocycles. The molecule has 0 bridgehead atoms. The highest BCUT2D eigenvalue weighted by molar-refractivity contribution is 6.13. The highest BCUT2D eigenvalue weighted by Gasteiger charge is 2.57. The Morgan fingerprint density at radius 1 is 1.00 bits per heavy atom. The SMILES string of the molecule is O=C(Nc1ccc(F)c(F)c1)C1(C(=O)N2CCCCCC2)CC1. The zero-order chi connectivity index (χ0) is 16.4. The van der Waals surface area contributed by atoms with Crippen LogP contribution in [-0.2, 0) is 9.59 Å². The molecule has 0 aromatic heterocycles. The van der Waals surface area contributed by atoms with Gasteiger partial charge < -0.3 is 10.2 Å². The van der Waals surface area contributed by atoms with E-state index in [1.807, 2.05) is 0 Å². The van der Waals surface area contributed by atoms with Crippen LogP contribution in [-0.4, -0.2) is 29.8 Å². The normalized spacial score (nSPS) is 19.8. The maximum Gasteiger partial charge on any atom is 0.240 e. The number of nitrogens with zero attached hydrogens (tertiary/aromatic N) is 1. The largest absolute Gasteiger partial charge is 0.342 e. The maximum atomic E-state index is 13.2. The Bertz CT molecular complexity index is 621. The number of nitrogens with one attached hydrogen (secondary N) is 1. The summed E-state index contributed by atoms with van der Waals surface area (Å²) in [5.74, 6) is -2.53. The van der Waals surface area contributed by atoms with Gasteiger partial charge in [-0.05, 0) is 37.8 Å². The van der Waals surface area contributed by atoms with Gasteiger partial charge in [0.05, 0.1) is 0 Å². The summed E-state index contributed by atoms with van der Waals surface area (Å²) in [5.41, 5.74) is -0.848. The van der Waals surface area contributed by atoms with Gasteiger partial charge in [0, 0.05) is 24.8 Å². The second-order valence-electron chi connectivity index (χ2n) is 6.37. The van der Waals surface area contributed by atoms with Crippen LogP contribution < -0.4 is 5.32 Å². The highest BCUT2D eigenvalue weighted by Crippen LogP contribution is 2.48. The van der Waals surface area contributed by atoms with Crippen molar-refractivity contribution in [3.63, 3.8) is 0 Å². The molecule has 1 aliphatic carbocycles. The number of rotatable bonds is 3. The Kier molecular flexibility index (Phi) is 4.33. The van der Waals surface area contributed by atoms with E-state index in [9.17, 15) is 18.4 Å². The van der Waals surface area contributed by atoms with E-state index in [-0.39, 0.29) is 11.6 Å². The first kappa shape index (κ1) is 15.9. The Labute approximate surface area is 133 Å². The smallest absolute Gasteiger partial charge is 0.240 e. The maximum absolute atomic E-state index is 13.2. The molecule has 0 radical (unpaired) electrons. The molecule has 1 N–H and O–H groups in total. The number of amides is 2. The second kappa shape index (κ2) is 6.26. The van der Waals surface area contributed by atoms with Crippen molar-refractivity contribution in [3.05, 3.63) is 29.8 Å². The van der Waals surface area contributed by atoms with E-state index in [0.29, 0.717) is 25.9 Å². The topological polar surface area (TPSA) is 49.4 Å². The van der Waals surface area contributed by atoms with Crippen molar-refractivity contribution in [1.29, 1.82) is 0 Å². The van der Waals surface area contributed by atoms with Gasteiger partial charge in [-0.3, -0.25) is 9.59 Å². The number of halogens is 2. The van der Waals surface area contributed by atoms with Crippen LogP contribution in [0, 0.1) is 17.0 Å². The van der Waals surface area contributed by atoms with Gasteiger partial charge in [0.2, 0.25) is 11.8 Å². The second-order valence-corrected chi connectivity index (χ2v) is 6.37. The third kappa shape index (κ3) is 3.21. The van der Waals surface area contributed by atoms with Crippen LogP contribution >= 0.6 is 0 Å². The summed E-state index contributed by atoms with van der Waals surface area (Å²) < 4.78 is 26.2. The summed E-state index contributed by atoms with van der Waals surface area (Å²) in [6.45, 7) is 1.39. The van der Waals surface area contributed by atoms with E-state index < -0.39 is 23.0 Å². The molecule has 2 aliphatic rings. The monoisotopic (exact) mass is 322 g/mol. The summed E-state index contributed by atoms with van der Waals surface area (Å²) in [6.07, 6.45) is 5.17. The van der Waals surface area contributed by atoms with E-state index in [1.54, 1.807) is 4.90 Å². The molecule has 1 saturated heterocycles. The molecule has 4 nitrogen and oxygen atoms in total. The van der Waals surface area contributed by atoms with Gasteiger partial charge >= 0.3 is 0 Å². The lowest BCUT2D eigenvalue weighted by Gasteiger charge is -2.25. The molecule has 2 amide bonds. The van der Waals surface area contributed by atoms with Gasteiger partial charge in [-0.2, -0.15) is 0 Å². The summed E-state index contributed by atoms with van der Waals surface area (Å²) in [4.78, 5) is 27.0. The van der Waals surface area contributed by atoms with E-state index in [0.717, 1.165) is 37.8 Å². The van der Waals surface area contributed by atoms with Gasteiger partial charge in [0.15, 0.2) is 11.6 Å². The van der Waals surface area contributed by atoms with Crippen LogP contribution in [0.25, 0.3) is 0 Å². The molecule has 1 heterocycles. The minimum Gasteiger partial charge on any atom is -0.342 e. The van der Waals surface area contributed by atoms with Gasteiger partial charge in [0.1, 0.15) is 5.41 Å². The minimum absolute atomic E-state index is 0.125. The fourth-order valence-electron chi connectivity index (χ4n) is 3.06. The van der Waals surface area contributed by atoms with Crippen molar-refractivity contribution >= 4 is 17.5 Å². The van der Waals surface area contributed by atoms with Crippen LogP contribution in [0.5, 0.6) is 0 Å². The number of carbonyl (C=O) groups excluding carboxylic acids is 2. The predicted octanol–water partition coefficient (Wildman–Crippen LogP) is 3.09. The number of likely N-dealkylation sites (tertiary alicyclic amines) is 1. The van der Waals surface area contributed by atoms with Crippen molar-refractivity contribution in [1.82, 2.24) is 4.90 Å².